The highest BCUT2D eigenvalue weighted by Crippen LogP contribution is 2.20. The predicted molar refractivity (Wildman–Crippen MR) is 116 cm³/mol. The maximum atomic E-state index is 13.1. The van der Waals surface area contributed by atoms with Crippen molar-refractivity contribution in [2.75, 3.05) is 24.6 Å². The van der Waals surface area contributed by atoms with Gasteiger partial charge in [0.2, 0.25) is 5.91 Å². The number of hydrogen-bond acceptors (Lipinski definition) is 6. The van der Waals surface area contributed by atoms with E-state index in [1.165, 1.54) is 4.90 Å². The van der Waals surface area contributed by atoms with Crippen LogP contribution in [0, 0.1) is 0 Å². The molecule has 0 unspecified atom stereocenters. The SMILES string of the molecule is NCCSCC[C@H](N[C@@H](CCc1ccccc1)C(=O)O)C(=O)N1CCC[C@H]1C(=O)O. The van der Waals surface area contributed by atoms with Gasteiger partial charge < -0.3 is 20.8 Å². The molecular formula is C21H31N3O5S. The van der Waals surface area contributed by atoms with Gasteiger partial charge >= 0.3 is 11.9 Å². The summed E-state index contributed by atoms with van der Waals surface area (Å²) in [5, 5.41) is 22.1. The summed E-state index contributed by atoms with van der Waals surface area (Å²) in [7, 11) is 0. The second kappa shape index (κ2) is 12.6. The van der Waals surface area contributed by atoms with Gasteiger partial charge in [-0.2, -0.15) is 11.8 Å². The van der Waals surface area contributed by atoms with E-state index in [0.29, 0.717) is 50.9 Å². The van der Waals surface area contributed by atoms with E-state index in [1.54, 1.807) is 11.8 Å². The smallest absolute Gasteiger partial charge is 0.326 e. The molecule has 1 heterocycles. The van der Waals surface area contributed by atoms with Gasteiger partial charge in [-0.1, -0.05) is 30.3 Å². The summed E-state index contributed by atoms with van der Waals surface area (Å²) in [6.45, 7) is 0.907. The van der Waals surface area contributed by atoms with Crippen molar-refractivity contribution in [1.82, 2.24) is 10.2 Å². The first-order chi connectivity index (χ1) is 14.4. The number of aryl methyl sites for hydroxylation is 1. The standard InChI is InChI=1S/C21H31N3O5S/c22-11-14-30-13-10-16(19(25)24-12-4-7-18(24)21(28)29)23-17(20(26)27)9-8-15-5-2-1-3-6-15/h1-3,5-6,16-18,23H,4,7-14,22H2,(H,26,27)(H,28,29)/t16-,17-,18-/m0/s1. The molecule has 1 amide bonds. The molecule has 2 rings (SSSR count). The average molecular weight is 438 g/mol. The van der Waals surface area contributed by atoms with Crippen molar-refractivity contribution < 1.29 is 24.6 Å². The number of carbonyl (C=O) groups is 3. The first-order valence-electron chi connectivity index (χ1n) is 10.3. The first-order valence-corrected chi connectivity index (χ1v) is 11.4. The molecule has 5 N–H and O–H groups in total. The molecule has 0 spiro atoms. The molecule has 166 valence electrons. The Morgan fingerprint density at radius 3 is 2.50 bits per heavy atom. The highest BCUT2D eigenvalue weighted by Gasteiger charge is 2.38. The molecule has 8 nitrogen and oxygen atoms in total. The number of likely N-dealkylation sites (tertiary alicyclic amines) is 1. The normalized spacial score (nSPS) is 18.2. The third-order valence-electron chi connectivity index (χ3n) is 5.20. The molecule has 9 heteroatoms. The average Bonchev–Trinajstić information content (AvgIpc) is 3.23. The molecule has 3 atom stereocenters. The van der Waals surface area contributed by atoms with Crippen molar-refractivity contribution in [3.8, 4) is 0 Å². The second-order valence-corrected chi connectivity index (χ2v) is 8.58. The Labute approximate surface area is 181 Å². The van der Waals surface area contributed by atoms with Crippen molar-refractivity contribution in [2.24, 2.45) is 5.73 Å². The molecule has 1 saturated heterocycles. The number of nitrogens with one attached hydrogen (secondary N) is 1. The van der Waals surface area contributed by atoms with Crippen LogP contribution in [0.5, 0.6) is 0 Å². The summed E-state index contributed by atoms with van der Waals surface area (Å²) < 4.78 is 0. The molecule has 0 aromatic heterocycles. The molecule has 1 aromatic carbocycles. The summed E-state index contributed by atoms with van der Waals surface area (Å²) in [5.41, 5.74) is 6.54. The Hall–Kier alpha value is -2.10. The zero-order valence-corrected chi connectivity index (χ0v) is 17.9. The Bertz CT molecular complexity index is 703. The van der Waals surface area contributed by atoms with Crippen LogP contribution in [0.3, 0.4) is 0 Å². The number of thioether (sulfide) groups is 1. The van der Waals surface area contributed by atoms with E-state index >= 15 is 0 Å². The van der Waals surface area contributed by atoms with E-state index in [2.05, 4.69) is 5.32 Å². The number of rotatable bonds is 13. The fourth-order valence-electron chi connectivity index (χ4n) is 3.63. The maximum absolute atomic E-state index is 13.1. The monoisotopic (exact) mass is 437 g/mol. The Balaban J connectivity index is 2.07. The highest BCUT2D eigenvalue weighted by atomic mass is 32.2. The van der Waals surface area contributed by atoms with E-state index in [0.717, 1.165) is 11.3 Å². The van der Waals surface area contributed by atoms with E-state index in [1.807, 2.05) is 30.3 Å². The lowest BCUT2D eigenvalue weighted by Crippen LogP contribution is -2.54. The van der Waals surface area contributed by atoms with Gasteiger partial charge in [-0.25, -0.2) is 4.79 Å². The molecule has 1 aliphatic heterocycles. The third-order valence-corrected chi connectivity index (χ3v) is 6.25. The Kier molecular flexibility index (Phi) is 10.1. The zero-order valence-electron chi connectivity index (χ0n) is 17.0. The Morgan fingerprint density at radius 1 is 1.13 bits per heavy atom. The van der Waals surface area contributed by atoms with E-state index in [9.17, 15) is 24.6 Å². The van der Waals surface area contributed by atoms with Gasteiger partial charge in [0.1, 0.15) is 12.1 Å². The number of hydrogen-bond donors (Lipinski definition) is 4. The van der Waals surface area contributed by atoms with Crippen LogP contribution < -0.4 is 11.1 Å². The minimum Gasteiger partial charge on any atom is -0.480 e. The molecule has 1 fully saturated rings. The van der Waals surface area contributed by atoms with Gasteiger partial charge in [0.15, 0.2) is 0 Å². The minimum absolute atomic E-state index is 0.334. The number of aliphatic carboxylic acids is 2. The fourth-order valence-corrected chi connectivity index (χ4v) is 4.40. The van der Waals surface area contributed by atoms with Crippen LogP contribution >= 0.6 is 11.8 Å². The topological polar surface area (TPSA) is 133 Å². The number of carboxylic acids is 2. The summed E-state index contributed by atoms with van der Waals surface area (Å²) in [5.74, 6) is -0.986. The summed E-state index contributed by atoms with van der Waals surface area (Å²) >= 11 is 1.59. The summed E-state index contributed by atoms with van der Waals surface area (Å²) in [6, 6.07) is 7.10. The highest BCUT2D eigenvalue weighted by molar-refractivity contribution is 7.99. The van der Waals surface area contributed by atoms with Gasteiger partial charge in [0.25, 0.3) is 0 Å². The van der Waals surface area contributed by atoms with E-state index in [4.69, 9.17) is 5.73 Å². The molecule has 30 heavy (non-hydrogen) atoms. The quantitative estimate of drug-likeness (QED) is 0.338. The van der Waals surface area contributed by atoms with E-state index in [-0.39, 0.29) is 5.91 Å². The van der Waals surface area contributed by atoms with Crippen LogP contribution in [0.4, 0.5) is 0 Å². The van der Waals surface area contributed by atoms with Gasteiger partial charge in [0, 0.05) is 18.8 Å². The zero-order chi connectivity index (χ0) is 21.9. The number of nitrogens with zero attached hydrogens (tertiary/aromatic N) is 1. The lowest BCUT2D eigenvalue weighted by Gasteiger charge is -2.29. The summed E-state index contributed by atoms with van der Waals surface area (Å²) in [6.07, 6.45) is 2.37. The van der Waals surface area contributed by atoms with Crippen molar-refractivity contribution in [1.29, 1.82) is 0 Å². The van der Waals surface area contributed by atoms with Crippen molar-refractivity contribution in [2.45, 2.75) is 50.2 Å². The van der Waals surface area contributed by atoms with Crippen LogP contribution in [-0.4, -0.2) is 75.7 Å². The summed E-state index contributed by atoms with van der Waals surface area (Å²) in [4.78, 5) is 37.9. The molecule has 0 saturated carbocycles. The largest absolute Gasteiger partial charge is 0.480 e. The number of benzene rings is 1. The third kappa shape index (κ3) is 7.30. The van der Waals surface area contributed by atoms with Gasteiger partial charge in [-0.05, 0) is 43.4 Å². The van der Waals surface area contributed by atoms with Crippen LogP contribution in [-0.2, 0) is 20.8 Å². The van der Waals surface area contributed by atoms with Gasteiger partial charge in [-0.15, -0.1) is 0 Å². The van der Waals surface area contributed by atoms with Crippen LogP contribution in [0.15, 0.2) is 30.3 Å². The first kappa shape index (κ1) is 24.2. The van der Waals surface area contributed by atoms with Crippen LogP contribution in [0.25, 0.3) is 0 Å². The van der Waals surface area contributed by atoms with Crippen LogP contribution in [0.1, 0.15) is 31.2 Å². The molecule has 0 bridgehead atoms. The minimum atomic E-state index is -1.02. The van der Waals surface area contributed by atoms with Crippen molar-refractivity contribution in [3.05, 3.63) is 35.9 Å². The fraction of sp³-hybridized carbons (Fsp3) is 0.571. The van der Waals surface area contributed by atoms with Gasteiger partial charge in [0.05, 0.1) is 6.04 Å². The number of carbonyl (C=O) groups excluding carboxylic acids is 1. The number of nitrogens with two attached hydrogens (primary N) is 1. The van der Waals surface area contributed by atoms with Crippen molar-refractivity contribution >= 4 is 29.6 Å². The van der Waals surface area contributed by atoms with Crippen molar-refractivity contribution in [3.63, 3.8) is 0 Å². The maximum Gasteiger partial charge on any atom is 0.326 e. The molecule has 0 radical (unpaired) electrons. The molecule has 1 aliphatic rings. The molecule has 1 aromatic rings. The van der Waals surface area contributed by atoms with Gasteiger partial charge in [-0.3, -0.25) is 14.9 Å². The number of amides is 1. The molecule has 0 aliphatic carbocycles. The number of carboxylic acid groups (broad SMARTS) is 2. The second-order valence-electron chi connectivity index (χ2n) is 7.35. The molecular weight excluding hydrogens is 406 g/mol. The lowest BCUT2D eigenvalue weighted by molar-refractivity contribution is -0.149. The Morgan fingerprint density at radius 2 is 1.87 bits per heavy atom. The van der Waals surface area contributed by atoms with Crippen LogP contribution in [0.2, 0.25) is 0 Å². The van der Waals surface area contributed by atoms with E-state index < -0.39 is 30.1 Å². The lowest BCUT2D eigenvalue weighted by atomic mass is 10.0. The predicted octanol–water partition coefficient (Wildman–Crippen LogP) is 1.19.